The minimum atomic E-state index is -1.07. The molecule has 0 spiro atoms. The molecular weight excluding hydrogens is 266 g/mol. The molecule has 0 N–H and O–H groups in total. The van der Waals surface area contributed by atoms with Gasteiger partial charge in [-0.3, -0.25) is 19.7 Å². The van der Waals surface area contributed by atoms with Crippen LogP contribution in [0.2, 0.25) is 0 Å². The molecule has 0 aliphatic carbocycles. The highest BCUT2D eigenvalue weighted by molar-refractivity contribution is 5.80. The molecule has 1 unspecified atom stereocenters. The van der Waals surface area contributed by atoms with E-state index in [4.69, 9.17) is 9.47 Å². The Morgan fingerprint density at radius 2 is 1.65 bits per heavy atom. The maximum absolute atomic E-state index is 11.7. The fraction of sp³-hybridized carbons (Fsp3) is 0.846. The van der Waals surface area contributed by atoms with E-state index in [1.807, 2.05) is 13.8 Å². The van der Waals surface area contributed by atoms with Gasteiger partial charge in [0.2, 0.25) is 6.54 Å². The molecule has 0 aromatic carbocycles. The van der Waals surface area contributed by atoms with Crippen LogP contribution in [0, 0.1) is 16.0 Å². The summed E-state index contributed by atoms with van der Waals surface area (Å²) in [5.74, 6) is -2.38. The zero-order valence-electron chi connectivity index (χ0n) is 12.1. The number of carbonyl (C=O) groups is 2. The number of nitro groups is 1. The molecule has 0 saturated heterocycles. The summed E-state index contributed by atoms with van der Waals surface area (Å²) in [5, 5.41) is 10.5. The number of unbranched alkanes of at least 4 members (excludes halogenated alkanes) is 2. The first-order valence-electron chi connectivity index (χ1n) is 6.95. The molecule has 0 fully saturated rings. The summed E-state index contributed by atoms with van der Waals surface area (Å²) in [7, 11) is 0. The number of hydrogen-bond acceptors (Lipinski definition) is 6. The topological polar surface area (TPSA) is 95.7 Å². The highest BCUT2D eigenvalue weighted by Crippen LogP contribution is 2.09. The SMILES string of the molecule is CCCCOC(=O)CC(C[N+](=O)[O-])C(=O)OCCCC. The molecular formula is C13H23NO6. The first-order valence-corrected chi connectivity index (χ1v) is 6.95. The van der Waals surface area contributed by atoms with Crippen molar-refractivity contribution in [2.45, 2.75) is 46.0 Å². The van der Waals surface area contributed by atoms with Gasteiger partial charge in [-0.1, -0.05) is 26.7 Å². The number of esters is 2. The normalized spacial score (nSPS) is 11.7. The Bertz CT molecular complexity index is 318. The fourth-order valence-electron chi connectivity index (χ4n) is 1.43. The van der Waals surface area contributed by atoms with E-state index in [0.717, 1.165) is 19.3 Å². The maximum Gasteiger partial charge on any atom is 0.316 e. The van der Waals surface area contributed by atoms with Crippen LogP contribution in [0.3, 0.4) is 0 Å². The Kier molecular flexibility index (Phi) is 10.3. The Labute approximate surface area is 118 Å². The summed E-state index contributed by atoms with van der Waals surface area (Å²) < 4.78 is 9.82. The molecule has 0 heterocycles. The number of carbonyl (C=O) groups excluding carboxylic acids is 2. The average Bonchev–Trinajstić information content (AvgIpc) is 2.38. The van der Waals surface area contributed by atoms with Gasteiger partial charge in [-0.2, -0.15) is 0 Å². The van der Waals surface area contributed by atoms with Crippen LogP contribution in [0.4, 0.5) is 0 Å². The van der Waals surface area contributed by atoms with E-state index >= 15 is 0 Å². The van der Waals surface area contributed by atoms with Crippen molar-refractivity contribution in [2.75, 3.05) is 19.8 Å². The second-order valence-electron chi connectivity index (χ2n) is 4.51. The van der Waals surface area contributed by atoms with E-state index in [1.54, 1.807) is 0 Å². The second kappa shape index (κ2) is 11.2. The van der Waals surface area contributed by atoms with Gasteiger partial charge < -0.3 is 9.47 Å². The van der Waals surface area contributed by atoms with Crippen molar-refractivity contribution in [2.24, 2.45) is 5.92 Å². The molecule has 1 atom stereocenters. The minimum Gasteiger partial charge on any atom is -0.466 e. The summed E-state index contributed by atoms with van der Waals surface area (Å²) in [5.41, 5.74) is 0. The van der Waals surface area contributed by atoms with Gasteiger partial charge >= 0.3 is 11.9 Å². The quantitative estimate of drug-likeness (QED) is 0.250. The van der Waals surface area contributed by atoms with Gasteiger partial charge in [0.25, 0.3) is 0 Å². The van der Waals surface area contributed by atoms with E-state index in [-0.39, 0.29) is 19.6 Å². The van der Waals surface area contributed by atoms with Crippen LogP contribution < -0.4 is 0 Å². The highest BCUT2D eigenvalue weighted by Gasteiger charge is 2.29. The summed E-state index contributed by atoms with van der Waals surface area (Å²) in [6.07, 6.45) is 2.84. The summed E-state index contributed by atoms with van der Waals surface area (Å²) in [6, 6.07) is 0. The third-order valence-electron chi connectivity index (χ3n) is 2.62. The van der Waals surface area contributed by atoms with E-state index in [9.17, 15) is 19.7 Å². The van der Waals surface area contributed by atoms with Crippen molar-refractivity contribution >= 4 is 11.9 Å². The van der Waals surface area contributed by atoms with Crippen LogP contribution in [0.25, 0.3) is 0 Å². The minimum absolute atomic E-state index is 0.217. The zero-order valence-corrected chi connectivity index (χ0v) is 12.1. The molecule has 0 amide bonds. The van der Waals surface area contributed by atoms with E-state index in [1.165, 1.54) is 0 Å². The van der Waals surface area contributed by atoms with Crippen LogP contribution in [-0.4, -0.2) is 36.6 Å². The Balaban J connectivity index is 4.28. The van der Waals surface area contributed by atoms with E-state index in [0.29, 0.717) is 6.42 Å². The lowest BCUT2D eigenvalue weighted by atomic mass is 10.1. The maximum atomic E-state index is 11.7. The number of ether oxygens (including phenoxy) is 2. The third kappa shape index (κ3) is 9.29. The van der Waals surface area contributed by atoms with Crippen molar-refractivity contribution in [3.63, 3.8) is 0 Å². The molecule has 0 saturated carbocycles. The summed E-state index contributed by atoms with van der Waals surface area (Å²) in [6.45, 7) is 3.76. The summed E-state index contributed by atoms with van der Waals surface area (Å²) >= 11 is 0. The Morgan fingerprint density at radius 1 is 1.10 bits per heavy atom. The molecule has 7 nitrogen and oxygen atoms in total. The largest absolute Gasteiger partial charge is 0.466 e. The molecule has 0 aliphatic rings. The Hall–Kier alpha value is -1.66. The number of hydrogen-bond donors (Lipinski definition) is 0. The van der Waals surface area contributed by atoms with E-state index < -0.39 is 29.3 Å². The molecule has 116 valence electrons. The molecule has 0 aromatic rings. The second-order valence-corrected chi connectivity index (χ2v) is 4.51. The lowest BCUT2D eigenvalue weighted by molar-refractivity contribution is -0.486. The Morgan fingerprint density at radius 3 is 2.15 bits per heavy atom. The molecule has 20 heavy (non-hydrogen) atoms. The standard InChI is InChI=1S/C13H23NO6/c1-3-5-7-19-12(15)9-11(10-14(17)18)13(16)20-8-6-4-2/h11H,3-10H2,1-2H3. The van der Waals surface area contributed by atoms with Crippen LogP contribution in [0.1, 0.15) is 46.0 Å². The predicted octanol–water partition coefficient (Wildman–Crippen LogP) is 1.96. The first-order chi connectivity index (χ1) is 9.51. The molecule has 0 bridgehead atoms. The monoisotopic (exact) mass is 289 g/mol. The smallest absolute Gasteiger partial charge is 0.316 e. The van der Waals surface area contributed by atoms with Gasteiger partial charge in [-0.05, 0) is 12.8 Å². The summed E-state index contributed by atoms with van der Waals surface area (Å²) in [4.78, 5) is 33.1. The van der Waals surface area contributed by atoms with Crippen molar-refractivity contribution in [1.82, 2.24) is 0 Å². The average molecular weight is 289 g/mol. The van der Waals surface area contributed by atoms with Gasteiger partial charge in [0.05, 0.1) is 19.6 Å². The van der Waals surface area contributed by atoms with Gasteiger partial charge in [0.15, 0.2) is 0 Å². The van der Waals surface area contributed by atoms with Gasteiger partial charge in [-0.25, -0.2) is 0 Å². The van der Waals surface area contributed by atoms with Crippen LogP contribution >= 0.6 is 0 Å². The van der Waals surface area contributed by atoms with Gasteiger partial charge in [0, 0.05) is 4.92 Å². The zero-order chi connectivity index (χ0) is 15.4. The first kappa shape index (κ1) is 18.3. The number of rotatable bonds is 11. The molecule has 0 aliphatic heterocycles. The highest BCUT2D eigenvalue weighted by atomic mass is 16.6. The van der Waals surface area contributed by atoms with Crippen LogP contribution in [-0.2, 0) is 19.1 Å². The lowest BCUT2D eigenvalue weighted by Crippen LogP contribution is -2.28. The van der Waals surface area contributed by atoms with Crippen LogP contribution in [0.5, 0.6) is 0 Å². The van der Waals surface area contributed by atoms with E-state index in [2.05, 4.69) is 0 Å². The molecule has 0 aromatic heterocycles. The predicted molar refractivity (Wildman–Crippen MR) is 71.7 cm³/mol. The molecule has 0 rings (SSSR count). The molecule has 7 heteroatoms. The van der Waals surface area contributed by atoms with Crippen molar-refractivity contribution in [3.8, 4) is 0 Å². The van der Waals surface area contributed by atoms with Crippen molar-refractivity contribution < 1.29 is 24.0 Å². The van der Waals surface area contributed by atoms with Crippen LogP contribution in [0.15, 0.2) is 0 Å². The van der Waals surface area contributed by atoms with Crippen molar-refractivity contribution in [1.29, 1.82) is 0 Å². The number of nitrogens with zero attached hydrogens (tertiary/aromatic N) is 1. The third-order valence-corrected chi connectivity index (χ3v) is 2.62. The molecule has 0 radical (unpaired) electrons. The van der Waals surface area contributed by atoms with Gasteiger partial charge in [-0.15, -0.1) is 0 Å². The van der Waals surface area contributed by atoms with Crippen molar-refractivity contribution in [3.05, 3.63) is 10.1 Å². The lowest BCUT2D eigenvalue weighted by Gasteiger charge is -2.12. The fourth-order valence-corrected chi connectivity index (χ4v) is 1.43. The van der Waals surface area contributed by atoms with Gasteiger partial charge in [0.1, 0.15) is 5.92 Å².